The molecule has 0 aliphatic carbocycles. The number of fused-ring (bicyclic) bond motifs is 1. The number of hydrogen-bond donors (Lipinski definition) is 1. The molecule has 0 fully saturated rings. The third-order valence-electron chi connectivity index (χ3n) is 4.22. The number of ether oxygens (including phenoxy) is 2. The molecule has 0 bridgehead atoms. The van der Waals surface area contributed by atoms with Crippen LogP contribution in [-0.2, 0) is 18.3 Å². The first-order chi connectivity index (χ1) is 12.0. The Bertz CT molecular complexity index is 1000. The Morgan fingerprint density at radius 2 is 1.88 bits per heavy atom. The number of methoxy groups -OCH3 is 2. The summed E-state index contributed by atoms with van der Waals surface area (Å²) in [6, 6.07) is 11.2. The molecule has 2 aromatic carbocycles. The molecule has 3 aromatic rings. The number of aryl methyl sites for hydroxylation is 1. The molecule has 0 amide bonds. The van der Waals surface area contributed by atoms with Crippen LogP contribution >= 0.6 is 0 Å². The second-order valence-electron chi connectivity index (χ2n) is 5.64. The molecule has 7 heteroatoms. The van der Waals surface area contributed by atoms with Gasteiger partial charge in [-0.05, 0) is 5.56 Å². The normalized spacial score (nSPS) is 10.8. The van der Waals surface area contributed by atoms with Gasteiger partial charge >= 0.3 is 11.7 Å². The van der Waals surface area contributed by atoms with Crippen molar-refractivity contribution in [1.82, 2.24) is 9.13 Å². The average molecular weight is 341 g/mol. The Hall–Kier alpha value is -3.22. The number of rotatable bonds is 4. The Morgan fingerprint density at radius 3 is 2.48 bits per heavy atom. The first-order valence-electron chi connectivity index (χ1n) is 7.67. The van der Waals surface area contributed by atoms with E-state index in [-0.39, 0.29) is 22.7 Å². The van der Waals surface area contributed by atoms with Crippen LogP contribution in [0, 0.1) is 0 Å². The highest BCUT2D eigenvalue weighted by atomic mass is 16.5. The topological polar surface area (TPSA) is 88.5 Å². The molecule has 25 heavy (non-hydrogen) atoms. The van der Waals surface area contributed by atoms with Gasteiger partial charge < -0.3 is 15.2 Å². The van der Waals surface area contributed by atoms with Gasteiger partial charge in [-0.3, -0.25) is 9.13 Å². The second kappa shape index (κ2) is 6.35. The molecule has 0 radical (unpaired) electrons. The predicted octanol–water partition coefficient (Wildman–Crippen LogP) is 1.77. The van der Waals surface area contributed by atoms with Crippen molar-refractivity contribution in [3.8, 4) is 5.75 Å². The summed E-state index contributed by atoms with van der Waals surface area (Å²) >= 11 is 0. The van der Waals surface area contributed by atoms with E-state index in [0.717, 1.165) is 5.56 Å². The Kier molecular flexibility index (Phi) is 4.22. The van der Waals surface area contributed by atoms with Gasteiger partial charge in [0.2, 0.25) is 0 Å². The third-order valence-corrected chi connectivity index (χ3v) is 4.22. The lowest BCUT2D eigenvalue weighted by atomic mass is 10.1. The fourth-order valence-corrected chi connectivity index (χ4v) is 2.96. The highest BCUT2D eigenvalue weighted by Crippen LogP contribution is 2.33. The molecule has 0 spiro atoms. The molecular weight excluding hydrogens is 322 g/mol. The number of anilines is 1. The molecule has 1 aromatic heterocycles. The van der Waals surface area contributed by atoms with Gasteiger partial charge in [-0.2, -0.15) is 0 Å². The molecule has 0 aliphatic heterocycles. The van der Waals surface area contributed by atoms with Crippen LogP contribution in [0.2, 0.25) is 0 Å². The highest BCUT2D eigenvalue weighted by molar-refractivity contribution is 6.06. The number of imidazole rings is 1. The molecule has 2 N–H and O–H groups in total. The fraction of sp³-hybridized carbons (Fsp3) is 0.222. The van der Waals surface area contributed by atoms with Gasteiger partial charge in [0, 0.05) is 13.1 Å². The number of nitrogens with two attached hydrogens (primary N) is 1. The Labute approximate surface area is 144 Å². The molecule has 130 valence electrons. The number of carbonyl (C=O) groups excluding carboxylic acids is 1. The first-order valence-corrected chi connectivity index (χ1v) is 7.67. The van der Waals surface area contributed by atoms with E-state index in [2.05, 4.69) is 0 Å². The molecule has 0 unspecified atom stereocenters. The maximum Gasteiger partial charge on any atom is 0.343 e. The zero-order valence-electron chi connectivity index (χ0n) is 14.3. The van der Waals surface area contributed by atoms with Crippen molar-refractivity contribution >= 4 is 22.7 Å². The fourth-order valence-electron chi connectivity index (χ4n) is 2.96. The summed E-state index contributed by atoms with van der Waals surface area (Å²) in [5, 5.41) is 0. The van der Waals surface area contributed by atoms with Gasteiger partial charge in [0.15, 0.2) is 0 Å². The van der Waals surface area contributed by atoms with Gasteiger partial charge in [0.05, 0.1) is 37.5 Å². The van der Waals surface area contributed by atoms with Gasteiger partial charge in [-0.15, -0.1) is 0 Å². The van der Waals surface area contributed by atoms with Crippen LogP contribution < -0.4 is 16.2 Å². The second-order valence-corrected chi connectivity index (χ2v) is 5.64. The van der Waals surface area contributed by atoms with Crippen molar-refractivity contribution in [3.63, 3.8) is 0 Å². The van der Waals surface area contributed by atoms with Crippen LogP contribution in [0.15, 0.2) is 41.2 Å². The zero-order chi connectivity index (χ0) is 18.1. The summed E-state index contributed by atoms with van der Waals surface area (Å²) in [4.78, 5) is 24.9. The lowest BCUT2D eigenvalue weighted by Gasteiger charge is -2.12. The lowest BCUT2D eigenvalue weighted by molar-refractivity contribution is 0.0598. The summed E-state index contributed by atoms with van der Waals surface area (Å²) in [5.74, 6) is -0.344. The number of nitrogens with zero attached hydrogens (tertiary/aromatic N) is 2. The minimum Gasteiger partial charge on any atom is -0.496 e. The van der Waals surface area contributed by atoms with E-state index < -0.39 is 5.97 Å². The van der Waals surface area contributed by atoms with Crippen molar-refractivity contribution in [3.05, 3.63) is 58.0 Å². The number of nitrogen functional groups attached to an aromatic ring is 1. The molecule has 3 rings (SSSR count). The molecule has 1 heterocycles. The minimum atomic E-state index is -0.612. The summed E-state index contributed by atoms with van der Waals surface area (Å²) in [5.41, 5.74) is 8.33. The molecule has 7 nitrogen and oxygen atoms in total. The molecule has 0 aliphatic rings. The van der Waals surface area contributed by atoms with Gasteiger partial charge in [-0.25, -0.2) is 9.59 Å². The monoisotopic (exact) mass is 341 g/mol. The van der Waals surface area contributed by atoms with E-state index in [1.54, 1.807) is 17.7 Å². The van der Waals surface area contributed by atoms with Gasteiger partial charge in [0.25, 0.3) is 0 Å². The first kappa shape index (κ1) is 16.6. The van der Waals surface area contributed by atoms with Crippen molar-refractivity contribution in [2.24, 2.45) is 7.05 Å². The molecule has 0 saturated carbocycles. The minimum absolute atomic E-state index is 0.116. The van der Waals surface area contributed by atoms with Gasteiger partial charge in [-0.1, -0.05) is 30.3 Å². The number of aromatic nitrogens is 2. The third kappa shape index (κ3) is 2.63. The molecule has 0 saturated heterocycles. The van der Waals surface area contributed by atoms with Crippen molar-refractivity contribution < 1.29 is 14.3 Å². The largest absolute Gasteiger partial charge is 0.496 e. The van der Waals surface area contributed by atoms with Crippen LogP contribution in [0.4, 0.5) is 5.69 Å². The van der Waals surface area contributed by atoms with Crippen molar-refractivity contribution in [2.75, 3.05) is 20.0 Å². The van der Waals surface area contributed by atoms with E-state index in [1.807, 2.05) is 30.3 Å². The number of benzene rings is 2. The SMILES string of the molecule is COC(=O)c1c(OC)cc2c(c1N)n(Cc1ccccc1)c(=O)n2C. The Morgan fingerprint density at radius 1 is 1.20 bits per heavy atom. The lowest BCUT2D eigenvalue weighted by Crippen LogP contribution is -2.23. The van der Waals surface area contributed by atoms with Crippen LogP contribution in [-0.4, -0.2) is 29.3 Å². The summed E-state index contributed by atoms with van der Waals surface area (Å²) in [6.45, 7) is 0.341. The van der Waals surface area contributed by atoms with E-state index >= 15 is 0 Å². The van der Waals surface area contributed by atoms with Crippen LogP contribution in [0.1, 0.15) is 15.9 Å². The molecule has 0 atom stereocenters. The summed E-state index contributed by atoms with van der Waals surface area (Å²) < 4.78 is 13.1. The smallest absolute Gasteiger partial charge is 0.343 e. The number of carbonyl (C=O) groups is 1. The van der Waals surface area contributed by atoms with Crippen molar-refractivity contribution in [2.45, 2.75) is 6.54 Å². The van der Waals surface area contributed by atoms with Gasteiger partial charge in [0.1, 0.15) is 11.3 Å². The van der Waals surface area contributed by atoms with Crippen molar-refractivity contribution in [1.29, 1.82) is 0 Å². The quantitative estimate of drug-likeness (QED) is 0.577. The van der Waals surface area contributed by atoms with E-state index in [4.69, 9.17) is 15.2 Å². The van der Waals surface area contributed by atoms with E-state index in [0.29, 0.717) is 17.6 Å². The molecular formula is C18H19N3O4. The Balaban J connectivity index is 2.33. The summed E-state index contributed by atoms with van der Waals surface area (Å²) in [7, 11) is 4.36. The van der Waals surface area contributed by atoms with Crippen LogP contribution in [0.3, 0.4) is 0 Å². The standard InChI is InChI=1S/C18H19N3O4/c1-20-12-9-13(24-2)14(17(22)25-3)15(19)16(12)21(18(20)23)10-11-7-5-4-6-8-11/h4-9H,10,19H2,1-3H3. The number of esters is 1. The van der Waals surface area contributed by atoms with Crippen LogP contribution in [0.5, 0.6) is 5.75 Å². The maximum absolute atomic E-state index is 12.7. The number of hydrogen-bond acceptors (Lipinski definition) is 5. The average Bonchev–Trinajstić information content (AvgIpc) is 2.87. The predicted molar refractivity (Wildman–Crippen MR) is 95.0 cm³/mol. The maximum atomic E-state index is 12.7. The van der Waals surface area contributed by atoms with Crippen LogP contribution in [0.25, 0.3) is 11.0 Å². The van der Waals surface area contributed by atoms with E-state index in [1.165, 1.54) is 18.8 Å². The van der Waals surface area contributed by atoms with E-state index in [9.17, 15) is 9.59 Å². The summed E-state index contributed by atoms with van der Waals surface area (Å²) in [6.07, 6.45) is 0. The zero-order valence-corrected chi connectivity index (χ0v) is 14.3. The highest BCUT2D eigenvalue weighted by Gasteiger charge is 2.24.